The summed E-state index contributed by atoms with van der Waals surface area (Å²) in [6.45, 7) is 17.3. The van der Waals surface area contributed by atoms with Gasteiger partial charge < -0.3 is 0 Å². The van der Waals surface area contributed by atoms with Crippen LogP contribution in [0.15, 0.2) is 121 Å². The molecule has 0 unspecified atom stereocenters. The highest BCUT2D eigenvalue weighted by Gasteiger charge is 2.31. The molecule has 0 bridgehead atoms. The number of benzene rings is 6. The molecule has 0 saturated carbocycles. The Morgan fingerprint density at radius 1 is 0.604 bits per heavy atom. The minimum absolute atomic E-state index is 0.313. The molecule has 8 aromatic rings. The van der Waals surface area contributed by atoms with Gasteiger partial charge in [0.15, 0.2) is 11.4 Å². The monoisotopic (exact) mass is 692 g/mol. The molecule has 0 aliphatic heterocycles. The first-order valence-electron chi connectivity index (χ1n) is 16.4. The van der Waals surface area contributed by atoms with Crippen LogP contribution in [0.2, 0.25) is 0 Å². The van der Waals surface area contributed by atoms with E-state index in [4.69, 9.17) is 28.1 Å². The summed E-state index contributed by atoms with van der Waals surface area (Å²) < 4.78 is 40.9. The Balaban J connectivity index is 1.40. The molecule has 2 heterocycles. The van der Waals surface area contributed by atoms with Crippen LogP contribution in [-0.2, 0) is 6.18 Å². The lowest BCUT2D eigenvalue weighted by molar-refractivity contribution is -0.137. The number of halogens is 3. The number of hydrogen-bond donors (Lipinski definition) is 0. The molecule has 9 heteroatoms. The summed E-state index contributed by atoms with van der Waals surface area (Å²) in [6, 6.07) is 36.7. The summed E-state index contributed by atoms with van der Waals surface area (Å²) >= 11 is 0. The molecule has 0 saturated heterocycles. The third-order valence-electron chi connectivity index (χ3n) is 9.16. The van der Waals surface area contributed by atoms with E-state index in [0.29, 0.717) is 83.6 Å². The molecular formula is C44H23F3N6. The van der Waals surface area contributed by atoms with Gasteiger partial charge in [-0.05, 0) is 71.1 Å². The second kappa shape index (κ2) is 12.7. The van der Waals surface area contributed by atoms with Gasteiger partial charge in [0.2, 0.25) is 0 Å². The van der Waals surface area contributed by atoms with E-state index in [9.17, 15) is 18.4 Å². The molecule has 53 heavy (non-hydrogen) atoms. The van der Waals surface area contributed by atoms with Crippen molar-refractivity contribution in [1.82, 2.24) is 15.0 Å². The van der Waals surface area contributed by atoms with Crippen LogP contribution in [0, 0.1) is 31.4 Å². The van der Waals surface area contributed by atoms with Crippen LogP contribution in [0.5, 0.6) is 0 Å². The molecule has 0 aliphatic rings. The van der Waals surface area contributed by atoms with Crippen LogP contribution in [0.1, 0.15) is 16.7 Å². The van der Waals surface area contributed by atoms with Gasteiger partial charge in [-0.25, -0.2) is 24.6 Å². The van der Waals surface area contributed by atoms with Gasteiger partial charge in [-0.15, -0.1) is 0 Å². The van der Waals surface area contributed by atoms with E-state index in [2.05, 4.69) is 15.8 Å². The summed E-state index contributed by atoms with van der Waals surface area (Å²) in [5, 5.41) is 11.5. The van der Waals surface area contributed by atoms with Gasteiger partial charge in [-0.2, -0.15) is 18.4 Å². The highest BCUT2D eigenvalue weighted by Crippen LogP contribution is 2.44. The summed E-state index contributed by atoms with van der Waals surface area (Å²) in [5.74, 6) is 0. The molecule has 250 valence electrons. The van der Waals surface area contributed by atoms with E-state index in [1.807, 2.05) is 60.7 Å². The zero-order valence-electron chi connectivity index (χ0n) is 27.9. The van der Waals surface area contributed by atoms with E-state index in [1.165, 1.54) is 0 Å². The topological polar surface area (TPSA) is 71.2 Å². The number of para-hydroxylation sites is 1. The van der Waals surface area contributed by atoms with Gasteiger partial charge in [-0.1, -0.05) is 84.9 Å². The number of nitriles is 1. The number of aromatic nitrogens is 3. The normalized spacial score (nSPS) is 11.3. The van der Waals surface area contributed by atoms with E-state index in [-0.39, 0.29) is 0 Å². The second-order valence-corrected chi connectivity index (χ2v) is 12.5. The van der Waals surface area contributed by atoms with Crippen LogP contribution in [0.4, 0.5) is 24.5 Å². The van der Waals surface area contributed by atoms with Gasteiger partial charge in [0.1, 0.15) is 0 Å². The van der Waals surface area contributed by atoms with Crippen molar-refractivity contribution in [3.8, 4) is 51.0 Å². The van der Waals surface area contributed by atoms with E-state index >= 15 is 0 Å². The maximum atomic E-state index is 13.6. The van der Waals surface area contributed by atoms with Crippen LogP contribution < -0.4 is 0 Å². The van der Waals surface area contributed by atoms with Crippen molar-refractivity contribution in [1.29, 1.82) is 5.26 Å². The summed E-state index contributed by atoms with van der Waals surface area (Å²) in [5.41, 5.74) is 7.59. The Kier molecular flexibility index (Phi) is 7.87. The van der Waals surface area contributed by atoms with E-state index in [1.54, 1.807) is 55.5 Å². The maximum absolute atomic E-state index is 13.6. The molecule has 0 aliphatic carbocycles. The standard InChI is InChI=1S/C44H23F3N6/c1-25-20-31(22-32(21-25)44(45,46)47)27-12-14-28(15-13-27)40-39-36(50-3)23-37-43(38(39)34-6-4-5-7-35(34)51-40)53-42(29-10-8-26(24-48)9-11-29)41(52-37)30-16-18-33(49-2)19-17-30/h4-23H,1H3. The lowest BCUT2D eigenvalue weighted by Gasteiger charge is -2.16. The first-order valence-corrected chi connectivity index (χ1v) is 16.4. The van der Waals surface area contributed by atoms with E-state index < -0.39 is 11.7 Å². The predicted molar refractivity (Wildman–Crippen MR) is 201 cm³/mol. The number of aryl methyl sites for hydroxylation is 1. The minimum atomic E-state index is -4.47. The van der Waals surface area contributed by atoms with E-state index in [0.717, 1.165) is 28.6 Å². The Morgan fingerprint density at radius 3 is 1.87 bits per heavy atom. The van der Waals surface area contributed by atoms with Crippen LogP contribution in [0.25, 0.3) is 87.3 Å². The number of alkyl halides is 3. The second-order valence-electron chi connectivity index (χ2n) is 12.5. The predicted octanol–water partition coefficient (Wildman–Crippen LogP) is 12.3. The third kappa shape index (κ3) is 5.85. The first kappa shape index (κ1) is 32.8. The zero-order chi connectivity index (χ0) is 36.9. The lowest BCUT2D eigenvalue weighted by Crippen LogP contribution is -2.05. The van der Waals surface area contributed by atoms with Crippen LogP contribution in [0.3, 0.4) is 0 Å². The summed E-state index contributed by atoms with van der Waals surface area (Å²) in [4.78, 5) is 22.9. The molecule has 0 amide bonds. The summed E-state index contributed by atoms with van der Waals surface area (Å²) in [6.07, 6.45) is -4.47. The van der Waals surface area contributed by atoms with Crippen molar-refractivity contribution in [2.45, 2.75) is 13.1 Å². The number of nitrogens with zero attached hydrogens (tertiary/aromatic N) is 6. The quantitative estimate of drug-likeness (QED) is 0.136. The molecule has 8 rings (SSSR count). The summed E-state index contributed by atoms with van der Waals surface area (Å²) in [7, 11) is 0. The molecule has 6 nitrogen and oxygen atoms in total. The SMILES string of the molecule is [C-]#[N+]c1ccc(-c2nc3cc([N+]#[C-])c4c(-c5ccc(-c6cc(C)cc(C(F)(F)F)c6)cc5)nc5ccccc5c4c3nc2-c2ccc(C#N)cc2)cc1. The molecule has 6 aromatic carbocycles. The number of hydrogen-bond acceptors (Lipinski definition) is 4. The molecule has 0 N–H and O–H groups in total. The van der Waals surface area contributed by atoms with Crippen molar-refractivity contribution >= 4 is 44.1 Å². The average molecular weight is 693 g/mol. The fraction of sp³-hybridized carbons (Fsp3) is 0.0455. The van der Waals surface area contributed by atoms with Gasteiger partial charge in [0.05, 0.1) is 64.0 Å². The van der Waals surface area contributed by atoms with Gasteiger partial charge in [0.25, 0.3) is 0 Å². The van der Waals surface area contributed by atoms with Crippen molar-refractivity contribution in [3.63, 3.8) is 0 Å². The maximum Gasteiger partial charge on any atom is 0.416 e. The van der Waals surface area contributed by atoms with Crippen LogP contribution >= 0.6 is 0 Å². The van der Waals surface area contributed by atoms with Gasteiger partial charge in [-0.3, -0.25) is 0 Å². The fourth-order valence-corrected chi connectivity index (χ4v) is 6.67. The highest BCUT2D eigenvalue weighted by atomic mass is 19.4. The van der Waals surface area contributed by atoms with Crippen molar-refractivity contribution in [2.24, 2.45) is 0 Å². The zero-order valence-corrected chi connectivity index (χ0v) is 27.9. The Bertz CT molecular complexity index is 2890. The van der Waals surface area contributed by atoms with Gasteiger partial charge in [0, 0.05) is 21.7 Å². The molecular weight excluding hydrogens is 670 g/mol. The molecule has 0 atom stereocenters. The molecule has 0 fully saturated rings. The third-order valence-corrected chi connectivity index (χ3v) is 9.16. The van der Waals surface area contributed by atoms with Crippen molar-refractivity contribution < 1.29 is 13.2 Å². The largest absolute Gasteiger partial charge is 0.416 e. The number of rotatable bonds is 4. The Labute approximate surface area is 301 Å². The smallest absolute Gasteiger partial charge is 0.248 e. The number of fused-ring (bicyclic) bond motifs is 5. The minimum Gasteiger partial charge on any atom is -0.248 e. The van der Waals surface area contributed by atoms with Crippen molar-refractivity contribution in [3.05, 3.63) is 161 Å². The first-order chi connectivity index (χ1) is 25.6. The molecule has 2 aromatic heterocycles. The Hall–Kier alpha value is -7.41. The van der Waals surface area contributed by atoms with Crippen molar-refractivity contribution in [2.75, 3.05) is 0 Å². The average Bonchev–Trinajstić information content (AvgIpc) is 3.19. The molecule has 0 spiro atoms. The lowest BCUT2D eigenvalue weighted by atomic mass is 9.94. The Morgan fingerprint density at radius 2 is 1.21 bits per heavy atom. The molecule has 0 radical (unpaired) electrons. The highest BCUT2D eigenvalue weighted by molar-refractivity contribution is 6.25. The van der Waals surface area contributed by atoms with Crippen LogP contribution in [-0.4, -0.2) is 15.0 Å². The fourth-order valence-electron chi connectivity index (χ4n) is 6.67. The van der Waals surface area contributed by atoms with Gasteiger partial charge >= 0.3 is 6.18 Å². The number of pyridine rings is 1.